The highest BCUT2D eigenvalue weighted by molar-refractivity contribution is 7.98. The zero-order chi connectivity index (χ0) is 14.2. The van der Waals surface area contributed by atoms with Crippen LogP contribution in [0.1, 0.15) is 43.6 Å². The fourth-order valence-corrected chi connectivity index (χ4v) is 2.74. The number of hydrogen-bond donors (Lipinski definition) is 1. The molecule has 2 aromatic heterocycles. The summed E-state index contributed by atoms with van der Waals surface area (Å²) in [7, 11) is 0. The van der Waals surface area contributed by atoms with Crippen LogP contribution in [0.2, 0.25) is 0 Å². The van der Waals surface area contributed by atoms with Crippen molar-refractivity contribution < 1.29 is 4.52 Å². The van der Waals surface area contributed by atoms with Crippen molar-refractivity contribution in [3.8, 4) is 0 Å². The SMILES string of the molecule is Cc1noc(C)c1CSc1nnc(C(C)(C)C)n1N. The number of nitrogens with zero attached hydrogens (tertiary/aromatic N) is 4. The van der Waals surface area contributed by atoms with Gasteiger partial charge in [-0.1, -0.05) is 37.7 Å². The van der Waals surface area contributed by atoms with Gasteiger partial charge in [0.15, 0.2) is 5.82 Å². The summed E-state index contributed by atoms with van der Waals surface area (Å²) in [5.74, 6) is 8.37. The molecule has 0 amide bonds. The van der Waals surface area contributed by atoms with Crippen LogP contribution in [-0.4, -0.2) is 20.0 Å². The van der Waals surface area contributed by atoms with Crippen LogP contribution in [0.3, 0.4) is 0 Å². The molecule has 0 radical (unpaired) electrons. The van der Waals surface area contributed by atoms with Crippen molar-refractivity contribution in [3.05, 3.63) is 22.8 Å². The van der Waals surface area contributed by atoms with E-state index in [1.165, 1.54) is 11.8 Å². The minimum absolute atomic E-state index is 0.121. The van der Waals surface area contributed by atoms with Crippen molar-refractivity contribution in [2.45, 2.75) is 50.9 Å². The molecule has 0 aliphatic heterocycles. The van der Waals surface area contributed by atoms with E-state index in [-0.39, 0.29) is 5.41 Å². The predicted octanol–water partition coefficient (Wildman–Crippen LogP) is 2.19. The van der Waals surface area contributed by atoms with E-state index in [2.05, 4.69) is 36.1 Å². The van der Waals surface area contributed by atoms with E-state index < -0.39 is 0 Å². The average molecular weight is 281 g/mol. The minimum atomic E-state index is -0.121. The molecule has 2 rings (SSSR count). The van der Waals surface area contributed by atoms with E-state index >= 15 is 0 Å². The number of nitrogen functional groups attached to an aromatic ring is 1. The molecule has 0 aliphatic rings. The lowest BCUT2D eigenvalue weighted by atomic mass is 9.96. The molecule has 2 aromatic rings. The Morgan fingerprint density at radius 2 is 1.95 bits per heavy atom. The summed E-state index contributed by atoms with van der Waals surface area (Å²) in [6.45, 7) is 10.0. The van der Waals surface area contributed by atoms with Crippen LogP contribution < -0.4 is 5.84 Å². The topological polar surface area (TPSA) is 82.8 Å². The quantitative estimate of drug-likeness (QED) is 0.686. The molecule has 0 saturated carbocycles. The second-order valence-electron chi connectivity index (χ2n) is 5.52. The van der Waals surface area contributed by atoms with Crippen molar-refractivity contribution in [2.24, 2.45) is 0 Å². The molecule has 0 spiro atoms. The normalized spacial score (nSPS) is 12.1. The van der Waals surface area contributed by atoms with Gasteiger partial charge in [0.25, 0.3) is 0 Å². The van der Waals surface area contributed by atoms with Gasteiger partial charge in [-0.3, -0.25) is 0 Å². The number of rotatable bonds is 3. The number of thioether (sulfide) groups is 1. The summed E-state index contributed by atoms with van der Waals surface area (Å²) < 4.78 is 6.69. The summed E-state index contributed by atoms with van der Waals surface area (Å²) in [5.41, 5.74) is 1.87. The van der Waals surface area contributed by atoms with Crippen LogP contribution in [0.15, 0.2) is 9.68 Å². The Kier molecular flexibility index (Phi) is 3.58. The third kappa shape index (κ3) is 2.75. The largest absolute Gasteiger partial charge is 0.361 e. The van der Waals surface area contributed by atoms with Gasteiger partial charge in [-0.2, -0.15) is 0 Å². The second kappa shape index (κ2) is 4.88. The van der Waals surface area contributed by atoms with Crippen LogP contribution in [0.25, 0.3) is 0 Å². The second-order valence-corrected chi connectivity index (χ2v) is 6.46. The van der Waals surface area contributed by atoms with E-state index in [9.17, 15) is 0 Å². The smallest absolute Gasteiger partial charge is 0.210 e. The molecule has 6 nitrogen and oxygen atoms in total. The first-order valence-corrected chi connectivity index (χ1v) is 7.04. The van der Waals surface area contributed by atoms with E-state index in [4.69, 9.17) is 10.4 Å². The number of aromatic nitrogens is 4. The van der Waals surface area contributed by atoms with Gasteiger partial charge in [0, 0.05) is 16.7 Å². The number of hydrogen-bond acceptors (Lipinski definition) is 6. The van der Waals surface area contributed by atoms with Crippen molar-refractivity contribution in [2.75, 3.05) is 5.84 Å². The molecule has 0 bridgehead atoms. The lowest BCUT2D eigenvalue weighted by Gasteiger charge is -2.16. The molecular weight excluding hydrogens is 262 g/mol. The Morgan fingerprint density at radius 1 is 1.26 bits per heavy atom. The van der Waals surface area contributed by atoms with Gasteiger partial charge in [0.05, 0.1) is 5.69 Å². The van der Waals surface area contributed by atoms with Crippen LogP contribution in [0.4, 0.5) is 0 Å². The Hall–Kier alpha value is -1.50. The Labute approximate surface area is 116 Å². The molecular formula is C12H19N5OS. The molecule has 0 unspecified atom stereocenters. The maximum absolute atomic E-state index is 6.04. The highest BCUT2D eigenvalue weighted by atomic mass is 32.2. The van der Waals surface area contributed by atoms with Gasteiger partial charge in [-0.15, -0.1) is 10.2 Å². The number of nitrogens with two attached hydrogens (primary N) is 1. The van der Waals surface area contributed by atoms with E-state index in [1.807, 2.05) is 13.8 Å². The first-order valence-electron chi connectivity index (χ1n) is 6.06. The maximum atomic E-state index is 6.04. The maximum Gasteiger partial charge on any atom is 0.210 e. The molecule has 0 aromatic carbocycles. The van der Waals surface area contributed by atoms with Gasteiger partial charge < -0.3 is 10.4 Å². The van der Waals surface area contributed by atoms with Gasteiger partial charge >= 0.3 is 0 Å². The fraction of sp³-hybridized carbons (Fsp3) is 0.583. The molecule has 0 saturated heterocycles. The first-order chi connectivity index (χ1) is 8.80. The molecule has 19 heavy (non-hydrogen) atoms. The van der Waals surface area contributed by atoms with Gasteiger partial charge in [0.1, 0.15) is 5.76 Å². The van der Waals surface area contributed by atoms with Crippen molar-refractivity contribution in [3.63, 3.8) is 0 Å². The summed E-state index contributed by atoms with van der Waals surface area (Å²) >= 11 is 1.53. The van der Waals surface area contributed by atoms with Gasteiger partial charge in [0.2, 0.25) is 5.16 Å². The van der Waals surface area contributed by atoms with E-state index in [0.29, 0.717) is 5.16 Å². The van der Waals surface area contributed by atoms with Gasteiger partial charge in [-0.05, 0) is 13.8 Å². The van der Waals surface area contributed by atoms with Crippen LogP contribution in [-0.2, 0) is 11.2 Å². The zero-order valence-corrected chi connectivity index (χ0v) is 12.7. The molecule has 0 aliphatic carbocycles. The lowest BCUT2D eigenvalue weighted by Crippen LogP contribution is -2.24. The van der Waals surface area contributed by atoms with Gasteiger partial charge in [-0.25, -0.2) is 4.68 Å². The van der Waals surface area contributed by atoms with Crippen LogP contribution in [0, 0.1) is 13.8 Å². The standard InChI is InChI=1S/C12H19N5OS/c1-7-9(8(2)18-16-7)6-19-11-15-14-10(17(11)13)12(3,4)5/h6,13H2,1-5H3. The third-order valence-electron chi connectivity index (χ3n) is 2.86. The molecule has 104 valence electrons. The highest BCUT2D eigenvalue weighted by Crippen LogP contribution is 2.27. The number of aryl methyl sites for hydroxylation is 2. The van der Waals surface area contributed by atoms with E-state index in [0.717, 1.165) is 28.6 Å². The third-order valence-corrected chi connectivity index (χ3v) is 3.83. The summed E-state index contributed by atoms with van der Waals surface area (Å²) in [6.07, 6.45) is 0. The molecule has 2 heterocycles. The lowest BCUT2D eigenvalue weighted by molar-refractivity contribution is 0.392. The van der Waals surface area contributed by atoms with Crippen LogP contribution >= 0.6 is 11.8 Å². The minimum Gasteiger partial charge on any atom is -0.361 e. The van der Waals surface area contributed by atoms with Crippen molar-refractivity contribution in [1.82, 2.24) is 20.0 Å². The highest BCUT2D eigenvalue weighted by Gasteiger charge is 2.23. The molecule has 0 atom stereocenters. The van der Waals surface area contributed by atoms with Crippen molar-refractivity contribution in [1.29, 1.82) is 0 Å². The Morgan fingerprint density at radius 3 is 2.42 bits per heavy atom. The predicted molar refractivity (Wildman–Crippen MR) is 74.4 cm³/mol. The van der Waals surface area contributed by atoms with Crippen LogP contribution in [0.5, 0.6) is 0 Å². The van der Waals surface area contributed by atoms with Crippen molar-refractivity contribution >= 4 is 11.8 Å². The van der Waals surface area contributed by atoms with E-state index in [1.54, 1.807) is 4.68 Å². The Balaban J connectivity index is 2.15. The fourth-order valence-electron chi connectivity index (χ4n) is 1.73. The first kappa shape index (κ1) is 13.9. The Bertz CT molecular complexity index is 562. The molecule has 2 N–H and O–H groups in total. The zero-order valence-electron chi connectivity index (χ0n) is 11.9. The summed E-state index contributed by atoms with van der Waals surface area (Å²) in [6, 6.07) is 0. The monoisotopic (exact) mass is 281 g/mol. The molecule has 7 heteroatoms. The summed E-state index contributed by atoms with van der Waals surface area (Å²) in [5, 5.41) is 12.9. The summed E-state index contributed by atoms with van der Waals surface area (Å²) in [4.78, 5) is 0. The average Bonchev–Trinajstić information content (AvgIpc) is 2.81. The molecule has 0 fully saturated rings.